The van der Waals surface area contributed by atoms with Crippen LogP contribution in [0.2, 0.25) is 0 Å². The Hall–Kier alpha value is -2.75. The summed E-state index contributed by atoms with van der Waals surface area (Å²) in [5.41, 5.74) is 7.95. The molecule has 106 valence electrons. The van der Waals surface area contributed by atoms with Crippen molar-refractivity contribution in [1.29, 1.82) is 0 Å². The van der Waals surface area contributed by atoms with Gasteiger partial charge in [-0.2, -0.15) is 5.10 Å². The maximum atomic E-state index is 5.71. The quantitative estimate of drug-likeness (QED) is 0.780. The molecule has 1 aromatic heterocycles. The molecule has 0 aliphatic rings. The van der Waals surface area contributed by atoms with Crippen LogP contribution < -0.4 is 10.5 Å². The zero-order valence-electron chi connectivity index (χ0n) is 11.6. The maximum Gasteiger partial charge on any atom is 0.145 e. The van der Waals surface area contributed by atoms with Crippen molar-refractivity contribution >= 4 is 5.82 Å². The van der Waals surface area contributed by atoms with Gasteiger partial charge in [-0.1, -0.05) is 42.5 Å². The molecule has 0 unspecified atom stereocenters. The van der Waals surface area contributed by atoms with Crippen molar-refractivity contribution < 1.29 is 4.74 Å². The van der Waals surface area contributed by atoms with Crippen molar-refractivity contribution in [2.24, 2.45) is 0 Å². The van der Waals surface area contributed by atoms with Gasteiger partial charge in [0.25, 0.3) is 0 Å². The summed E-state index contributed by atoms with van der Waals surface area (Å²) in [4.78, 5) is 0. The highest BCUT2D eigenvalue weighted by Gasteiger charge is 1.99. The second kappa shape index (κ2) is 6.13. The molecule has 0 atom stereocenters. The molecule has 2 N–H and O–H groups in total. The first kappa shape index (κ1) is 13.2. The lowest BCUT2D eigenvalue weighted by Crippen LogP contribution is -2.08. The molecule has 0 spiro atoms. The number of ether oxygens (including phenoxy) is 1. The lowest BCUT2D eigenvalue weighted by atomic mass is 10.1. The van der Waals surface area contributed by atoms with Crippen molar-refractivity contribution in [1.82, 2.24) is 9.78 Å². The van der Waals surface area contributed by atoms with Crippen molar-refractivity contribution in [2.45, 2.75) is 6.54 Å². The highest BCUT2D eigenvalue weighted by atomic mass is 16.5. The van der Waals surface area contributed by atoms with E-state index in [1.165, 1.54) is 11.1 Å². The summed E-state index contributed by atoms with van der Waals surface area (Å²) < 4.78 is 7.48. The molecule has 0 radical (unpaired) electrons. The smallest absolute Gasteiger partial charge is 0.145 e. The Bertz CT molecular complexity index is 690. The number of nitrogen functional groups attached to an aromatic ring is 1. The van der Waals surface area contributed by atoms with Crippen molar-refractivity contribution in [3.8, 4) is 16.9 Å². The average molecular weight is 279 g/mol. The Balaban J connectivity index is 1.57. The van der Waals surface area contributed by atoms with Crippen LogP contribution in [0.5, 0.6) is 5.75 Å². The predicted octanol–water partition coefficient (Wildman–Crippen LogP) is 3.21. The van der Waals surface area contributed by atoms with Gasteiger partial charge in [-0.15, -0.1) is 0 Å². The van der Waals surface area contributed by atoms with Gasteiger partial charge in [0.05, 0.1) is 6.54 Å². The predicted molar refractivity (Wildman–Crippen MR) is 84.0 cm³/mol. The Kier molecular flexibility index (Phi) is 3.87. The molecule has 3 rings (SSSR count). The van der Waals surface area contributed by atoms with E-state index in [0.29, 0.717) is 19.0 Å². The summed E-state index contributed by atoms with van der Waals surface area (Å²) in [6.45, 7) is 1.24. The molecule has 0 saturated heterocycles. The first-order chi connectivity index (χ1) is 10.3. The number of hydrogen-bond acceptors (Lipinski definition) is 3. The second-order valence-corrected chi connectivity index (χ2v) is 4.74. The van der Waals surface area contributed by atoms with E-state index in [9.17, 15) is 0 Å². The van der Waals surface area contributed by atoms with Gasteiger partial charge < -0.3 is 10.5 Å². The van der Waals surface area contributed by atoms with Gasteiger partial charge in [0.2, 0.25) is 0 Å². The molecule has 0 bridgehead atoms. The lowest BCUT2D eigenvalue weighted by molar-refractivity contribution is 0.291. The largest absolute Gasteiger partial charge is 0.492 e. The number of hydrogen-bond donors (Lipinski definition) is 1. The Morgan fingerprint density at radius 3 is 2.29 bits per heavy atom. The van der Waals surface area contributed by atoms with Crippen molar-refractivity contribution in [2.75, 3.05) is 12.3 Å². The summed E-state index contributed by atoms with van der Waals surface area (Å²) in [7, 11) is 0. The first-order valence-electron chi connectivity index (χ1n) is 6.88. The van der Waals surface area contributed by atoms with Crippen molar-refractivity contribution in [3.63, 3.8) is 0 Å². The molecular weight excluding hydrogens is 262 g/mol. The molecule has 4 heteroatoms. The molecule has 0 aliphatic heterocycles. The summed E-state index contributed by atoms with van der Waals surface area (Å²) in [6.07, 6.45) is 1.84. The number of nitrogens with zero attached hydrogens (tertiary/aromatic N) is 2. The van der Waals surface area contributed by atoms with Crippen LogP contribution in [-0.2, 0) is 6.54 Å². The number of nitrogens with two attached hydrogens (primary N) is 1. The van der Waals surface area contributed by atoms with Gasteiger partial charge in [-0.25, -0.2) is 0 Å². The molecular formula is C17H17N3O. The number of anilines is 1. The third-order valence-electron chi connectivity index (χ3n) is 3.21. The van der Waals surface area contributed by atoms with Crippen LogP contribution in [0.1, 0.15) is 0 Å². The van der Waals surface area contributed by atoms with Crippen LogP contribution in [0.25, 0.3) is 11.1 Å². The molecule has 0 aliphatic carbocycles. The van der Waals surface area contributed by atoms with Crippen LogP contribution in [0.4, 0.5) is 5.82 Å². The number of aromatic nitrogens is 2. The molecule has 1 heterocycles. The average Bonchev–Trinajstić information content (AvgIpc) is 2.94. The Morgan fingerprint density at radius 2 is 1.62 bits per heavy atom. The van der Waals surface area contributed by atoms with E-state index >= 15 is 0 Å². The lowest BCUT2D eigenvalue weighted by Gasteiger charge is -2.07. The number of rotatable bonds is 5. The van der Waals surface area contributed by atoms with Gasteiger partial charge in [0.15, 0.2) is 0 Å². The van der Waals surface area contributed by atoms with Crippen LogP contribution in [0.3, 0.4) is 0 Å². The van der Waals surface area contributed by atoms with E-state index in [2.05, 4.69) is 29.4 Å². The zero-order valence-corrected chi connectivity index (χ0v) is 11.6. The molecule has 2 aromatic carbocycles. The third-order valence-corrected chi connectivity index (χ3v) is 3.21. The van der Waals surface area contributed by atoms with Gasteiger partial charge in [-0.3, -0.25) is 4.68 Å². The topological polar surface area (TPSA) is 53.1 Å². The summed E-state index contributed by atoms with van der Waals surface area (Å²) in [5, 5.41) is 4.11. The molecule has 0 saturated carbocycles. The monoisotopic (exact) mass is 279 g/mol. The van der Waals surface area contributed by atoms with E-state index in [0.717, 1.165) is 5.75 Å². The van der Waals surface area contributed by atoms with E-state index in [1.54, 1.807) is 10.7 Å². The minimum absolute atomic E-state index is 0.530. The fourth-order valence-corrected chi connectivity index (χ4v) is 2.13. The van der Waals surface area contributed by atoms with Gasteiger partial charge >= 0.3 is 0 Å². The molecule has 3 aromatic rings. The normalized spacial score (nSPS) is 10.5. The van der Waals surface area contributed by atoms with E-state index in [4.69, 9.17) is 10.5 Å². The molecule has 0 amide bonds. The standard InChI is InChI=1S/C17H17N3O/c18-17-10-11-20(19-17)12-13-21-16-8-6-15(7-9-16)14-4-2-1-3-5-14/h1-11H,12-13H2,(H2,18,19). The maximum absolute atomic E-state index is 5.71. The fourth-order valence-electron chi connectivity index (χ4n) is 2.13. The van der Waals surface area contributed by atoms with Crippen LogP contribution in [0, 0.1) is 0 Å². The van der Waals surface area contributed by atoms with Crippen molar-refractivity contribution in [3.05, 3.63) is 66.9 Å². The fraction of sp³-hybridized carbons (Fsp3) is 0.118. The van der Waals surface area contributed by atoms with Gasteiger partial charge in [0, 0.05) is 6.20 Å². The second-order valence-electron chi connectivity index (χ2n) is 4.74. The summed E-state index contributed by atoms with van der Waals surface area (Å²) >= 11 is 0. The Labute approximate surface area is 123 Å². The molecule has 0 fully saturated rings. The van der Waals surface area contributed by atoms with E-state index < -0.39 is 0 Å². The highest BCUT2D eigenvalue weighted by Crippen LogP contribution is 2.21. The first-order valence-corrected chi connectivity index (χ1v) is 6.88. The molecule has 21 heavy (non-hydrogen) atoms. The van der Waals surface area contributed by atoms with E-state index in [1.807, 2.05) is 36.5 Å². The van der Waals surface area contributed by atoms with Crippen LogP contribution in [-0.4, -0.2) is 16.4 Å². The third kappa shape index (κ3) is 3.42. The highest BCUT2D eigenvalue weighted by molar-refractivity contribution is 5.63. The Morgan fingerprint density at radius 1 is 0.905 bits per heavy atom. The SMILES string of the molecule is Nc1ccn(CCOc2ccc(-c3ccccc3)cc2)n1. The van der Waals surface area contributed by atoms with E-state index in [-0.39, 0.29) is 0 Å². The molecule has 4 nitrogen and oxygen atoms in total. The summed E-state index contributed by atoms with van der Waals surface area (Å²) in [6, 6.07) is 20.2. The minimum atomic E-state index is 0.530. The zero-order chi connectivity index (χ0) is 14.5. The number of benzene rings is 2. The van der Waals surface area contributed by atoms with Gasteiger partial charge in [-0.05, 0) is 29.3 Å². The summed E-state index contributed by atoms with van der Waals surface area (Å²) in [5.74, 6) is 1.39. The van der Waals surface area contributed by atoms with Crippen LogP contribution >= 0.6 is 0 Å². The van der Waals surface area contributed by atoms with Gasteiger partial charge in [0.1, 0.15) is 18.2 Å². The van der Waals surface area contributed by atoms with Crippen LogP contribution in [0.15, 0.2) is 66.9 Å². The minimum Gasteiger partial charge on any atom is -0.492 e.